The quantitative estimate of drug-likeness (QED) is 0.698. The van der Waals surface area contributed by atoms with Gasteiger partial charge in [0, 0.05) is 6.54 Å². The van der Waals surface area contributed by atoms with Crippen molar-refractivity contribution < 1.29 is 4.79 Å². The van der Waals surface area contributed by atoms with Gasteiger partial charge in [0.05, 0.1) is 18.2 Å². The third-order valence-corrected chi connectivity index (χ3v) is 2.07. The first-order valence-electron chi connectivity index (χ1n) is 4.73. The number of aryl methyl sites for hydroxylation is 1. The predicted molar refractivity (Wildman–Crippen MR) is 53.5 cm³/mol. The van der Waals surface area contributed by atoms with Crippen LogP contribution in [0.25, 0.3) is 0 Å². The molecule has 5 heteroatoms. The van der Waals surface area contributed by atoms with Crippen molar-refractivity contribution in [1.29, 1.82) is 0 Å². The fourth-order valence-corrected chi connectivity index (χ4v) is 1.39. The topological polar surface area (TPSA) is 72.9 Å². The summed E-state index contributed by atoms with van der Waals surface area (Å²) in [6.07, 6.45) is 3.37. The summed E-state index contributed by atoms with van der Waals surface area (Å²) in [6, 6.07) is -0.442. The van der Waals surface area contributed by atoms with E-state index in [1.54, 1.807) is 12.5 Å². The molecule has 0 saturated heterocycles. The minimum atomic E-state index is -0.442. The summed E-state index contributed by atoms with van der Waals surface area (Å²) in [5.74, 6) is -0.373. The molecule has 1 atom stereocenters. The average molecular weight is 196 g/mol. The molecule has 3 N–H and O–H groups in total. The molecule has 0 aliphatic carbocycles. The van der Waals surface area contributed by atoms with Crippen LogP contribution in [0.4, 0.5) is 0 Å². The molecule has 0 fully saturated rings. The van der Waals surface area contributed by atoms with Crippen LogP contribution in [0.3, 0.4) is 0 Å². The van der Waals surface area contributed by atoms with E-state index in [9.17, 15) is 4.79 Å². The summed E-state index contributed by atoms with van der Waals surface area (Å²) >= 11 is 0. The second kappa shape index (κ2) is 4.76. The molecule has 1 rings (SSSR count). The van der Waals surface area contributed by atoms with Crippen LogP contribution >= 0.6 is 0 Å². The molecule has 1 unspecified atom stereocenters. The summed E-state index contributed by atoms with van der Waals surface area (Å²) in [5.41, 5.74) is 6.12. The van der Waals surface area contributed by atoms with Crippen molar-refractivity contribution in [3.8, 4) is 0 Å². The fraction of sp³-hybridized carbons (Fsp3) is 0.556. The van der Waals surface area contributed by atoms with Gasteiger partial charge in [0.1, 0.15) is 6.04 Å². The number of amides is 1. The van der Waals surface area contributed by atoms with Crippen molar-refractivity contribution in [2.24, 2.45) is 5.73 Å². The monoisotopic (exact) mass is 196 g/mol. The van der Waals surface area contributed by atoms with Crippen LogP contribution in [0.2, 0.25) is 0 Å². The third kappa shape index (κ3) is 2.11. The third-order valence-electron chi connectivity index (χ3n) is 2.07. The molecule has 0 radical (unpaired) electrons. The maximum atomic E-state index is 11.2. The summed E-state index contributed by atoms with van der Waals surface area (Å²) in [4.78, 5) is 15.2. The molecular formula is C9H16N4O. The Kier molecular flexibility index (Phi) is 3.64. The summed E-state index contributed by atoms with van der Waals surface area (Å²) < 4.78 is 1.90. The molecular weight excluding hydrogens is 180 g/mol. The van der Waals surface area contributed by atoms with Gasteiger partial charge in [-0.25, -0.2) is 4.98 Å². The lowest BCUT2D eigenvalue weighted by molar-refractivity contribution is -0.120. The molecule has 14 heavy (non-hydrogen) atoms. The van der Waals surface area contributed by atoms with E-state index >= 15 is 0 Å². The zero-order valence-corrected chi connectivity index (χ0v) is 8.53. The zero-order chi connectivity index (χ0) is 10.6. The van der Waals surface area contributed by atoms with Crippen LogP contribution in [-0.2, 0) is 11.3 Å². The number of carbonyl (C=O) groups is 1. The second-order valence-corrected chi connectivity index (χ2v) is 3.00. The molecule has 0 spiro atoms. The van der Waals surface area contributed by atoms with Crippen LogP contribution < -0.4 is 11.1 Å². The molecule has 1 amide bonds. The van der Waals surface area contributed by atoms with Crippen molar-refractivity contribution in [1.82, 2.24) is 14.9 Å². The molecule has 1 aromatic rings. The van der Waals surface area contributed by atoms with Crippen LogP contribution in [0.5, 0.6) is 0 Å². The van der Waals surface area contributed by atoms with Gasteiger partial charge in [-0.1, -0.05) is 6.92 Å². The van der Waals surface area contributed by atoms with Crippen LogP contribution in [-0.4, -0.2) is 22.0 Å². The first-order valence-corrected chi connectivity index (χ1v) is 4.73. The number of nitrogens with one attached hydrogen (secondary N) is 1. The second-order valence-electron chi connectivity index (χ2n) is 3.00. The fourth-order valence-electron chi connectivity index (χ4n) is 1.39. The van der Waals surface area contributed by atoms with Crippen molar-refractivity contribution >= 4 is 5.91 Å². The van der Waals surface area contributed by atoms with Gasteiger partial charge in [-0.05, 0) is 13.5 Å². The van der Waals surface area contributed by atoms with Crippen molar-refractivity contribution in [3.63, 3.8) is 0 Å². The van der Waals surface area contributed by atoms with Crippen LogP contribution in [0.1, 0.15) is 25.6 Å². The van der Waals surface area contributed by atoms with E-state index in [1.165, 1.54) is 0 Å². The van der Waals surface area contributed by atoms with Gasteiger partial charge < -0.3 is 15.6 Å². The number of hydrogen-bond acceptors (Lipinski definition) is 3. The minimum absolute atomic E-state index is 0.373. The maximum Gasteiger partial charge on any atom is 0.240 e. The number of hydrogen-bond donors (Lipinski definition) is 2. The van der Waals surface area contributed by atoms with Crippen molar-refractivity contribution in [2.75, 3.05) is 6.54 Å². The molecule has 0 saturated carbocycles. The Morgan fingerprint density at radius 2 is 2.43 bits per heavy atom. The molecule has 0 aliphatic heterocycles. The Labute approximate surface area is 83.3 Å². The Morgan fingerprint density at radius 1 is 1.71 bits per heavy atom. The first kappa shape index (κ1) is 10.7. The van der Waals surface area contributed by atoms with Gasteiger partial charge >= 0.3 is 0 Å². The summed E-state index contributed by atoms with van der Waals surface area (Å²) in [6.45, 7) is 5.41. The maximum absolute atomic E-state index is 11.2. The van der Waals surface area contributed by atoms with Gasteiger partial charge in [0.2, 0.25) is 5.91 Å². The van der Waals surface area contributed by atoms with E-state index in [1.807, 2.05) is 18.4 Å². The van der Waals surface area contributed by atoms with Gasteiger partial charge in [0.25, 0.3) is 0 Å². The molecule has 78 valence electrons. The summed E-state index contributed by atoms with van der Waals surface area (Å²) in [7, 11) is 0. The number of carbonyl (C=O) groups excluding carboxylic acids is 1. The molecule has 0 bridgehead atoms. The number of aromatic nitrogens is 2. The largest absolute Gasteiger partial charge is 0.368 e. The lowest BCUT2D eigenvalue weighted by Crippen LogP contribution is -2.34. The first-order chi connectivity index (χ1) is 6.70. The molecule has 5 nitrogen and oxygen atoms in total. The number of likely N-dealkylation sites (N-methyl/N-ethyl adjacent to an activating group) is 1. The molecule has 1 aromatic heterocycles. The van der Waals surface area contributed by atoms with E-state index in [-0.39, 0.29) is 5.91 Å². The average Bonchev–Trinajstić information content (AvgIpc) is 2.61. The van der Waals surface area contributed by atoms with Crippen LogP contribution in [0.15, 0.2) is 12.5 Å². The van der Waals surface area contributed by atoms with Gasteiger partial charge in [0.15, 0.2) is 0 Å². The standard InChI is InChI=1S/C9H16N4O/c1-3-12-8(9(10)14)7-5-11-6-13(7)4-2/h5-6,8,12H,3-4H2,1-2H3,(H2,10,14). The van der Waals surface area contributed by atoms with E-state index in [4.69, 9.17) is 5.73 Å². The van der Waals surface area contributed by atoms with E-state index in [0.29, 0.717) is 6.54 Å². The Balaban J connectivity index is 2.92. The van der Waals surface area contributed by atoms with Crippen LogP contribution in [0, 0.1) is 0 Å². The highest BCUT2D eigenvalue weighted by Crippen LogP contribution is 2.11. The Morgan fingerprint density at radius 3 is 2.93 bits per heavy atom. The van der Waals surface area contributed by atoms with E-state index < -0.39 is 6.04 Å². The number of nitrogens with two attached hydrogens (primary N) is 1. The SMILES string of the molecule is CCNC(C(N)=O)c1cncn1CC. The predicted octanol–water partition coefficient (Wildman–Crippen LogP) is 0.0389. The molecule has 0 aliphatic rings. The Bertz CT molecular complexity index is 308. The number of imidazole rings is 1. The van der Waals surface area contributed by atoms with Gasteiger partial charge in [-0.3, -0.25) is 4.79 Å². The minimum Gasteiger partial charge on any atom is -0.368 e. The molecule has 0 aromatic carbocycles. The smallest absolute Gasteiger partial charge is 0.240 e. The van der Waals surface area contributed by atoms with E-state index in [0.717, 1.165) is 12.2 Å². The highest BCUT2D eigenvalue weighted by Gasteiger charge is 2.19. The number of primary amides is 1. The number of rotatable bonds is 5. The van der Waals surface area contributed by atoms with Gasteiger partial charge in [-0.15, -0.1) is 0 Å². The number of nitrogens with zero attached hydrogens (tertiary/aromatic N) is 2. The highest BCUT2D eigenvalue weighted by atomic mass is 16.1. The normalized spacial score (nSPS) is 12.7. The lowest BCUT2D eigenvalue weighted by atomic mass is 10.2. The summed E-state index contributed by atoms with van der Waals surface area (Å²) in [5, 5.41) is 3.02. The molecule has 1 heterocycles. The van der Waals surface area contributed by atoms with Crippen molar-refractivity contribution in [3.05, 3.63) is 18.2 Å². The van der Waals surface area contributed by atoms with E-state index in [2.05, 4.69) is 10.3 Å². The van der Waals surface area contributed by atoms with Gasteiger partial charge in [-0.2, -0.15) is 0 Å². The lowest BCUT2D eigenvalue weighted by Gasteiger charge is -2.15. The van der Waals surface area contributed by atoms with Crippen molar-refractivity contribution in [2.45, 2.75) is 26.4 Å². The highest BCUT2D eigenvalue weighted by molar-refractivity contribution is 5.80. The zero-order valence-electron chi connectivity index (χ0n) is 8.53. The Hall–Kier alpha value is -1.36.